The zero-order valence-electron chi connectivity index (χ0n) is 9.43. The van der Waals surface area contributed by atoms with Gasteiger partial charge in [0, 0.05) is 18.7 Å². The van der Waals surface area contributed by atoms with Crippen molar-refractivity contribution in [3.8, 4) is 0 Å². The molecule has 1 unspecified atom stereocenters. The van der Waals surface area contributed by atoms with E-state index in [2.05, 4.69) is 0 Å². The zero-order chi connectivity index (χ0) is 12.3. The Kier molecular flexibility index (Phi) is 3.71. The number of ether oxygens (including phenoxy) is 1. The maximum atomic E-state index is 13.1. The number of carbonyl (C=O) groups excluding carboxylic acids is 1. The second kappa shape index (κ2) is 5.25. The highest BCUT2D eigenvalue weighted by Gasteiger charge is 2.27. The fourth-order valence-corrected chi connectivity index (χ4v) is 1.90. The summed E-state index contributed by atoms with van der Waals surface area (Å²) in [7, 11) is 0. The molecule has 2 rings (SSSR count). The Bertz CT molecular complexity index is 411. The van der Waals surface area contributed by atoms with E-state index in [4.69, 9.17) is 10.5 Å². The number of benzene rings is 1. The molecule has 1 aliphatic rings. The Morgan fingerprint density at radius 1 is 1.59 bits per heavy atom. The van der Waals surface area contributed by atoms with Crippen LogP contribution in [-0.2, 0) is 4.74 Å². The molecule has 17 heavy (non-hydrogen) atoms. The van der Waals surface area contributed by atoms with Crippen LogP contribution in [0.1, 0.15) is 10.4 Å². The van der Waals surface area contributed by atoms with Gasteiger partial charge < -0.3 is 15.4 Å². The predicted octanol–water partition coefficient (Wildman–Crippen LogP) is 0.625. The Balaban J connectivity index is 2.18. The average molecular weight is 238 g/mol. The molecule has 0 bridgehead atoms. The largest absolute Gasteiger partial charge is 0.377 e. The van der Waals surface area contributed by atoms with Gasteiger partial charge in [-0.15, -0.1) is 0 Å². The molecule has 1 amide bonds. The van der Waals surface area contributed by atoms with E-state index < -0.39 is 5.82 Å². The second-order valence-corrected chi connectivity index (χ2v) is 3.97. The van der Waals surface area contributed by atoms with Crippen LogP contribution in [0.5, 0.6) is 0 Å². The number of amides is 1. The highest BCUT2D eigenvalue weighted by Crippen LogP contribution is 2.12. The van der Waals surface area contributed by atoms with Crippen LogP contribution in [0.15, 0.2) is 24.3 Å². The molecule has 1 atom stereocenters. The number of carbonyl (C=O) groups is 1. The normalized spacial score (nSPS) is 20.4. The molecule has 5 heteroatoms. The van der Waals surface area contributed by atoms with Gasteiger partial charge in [0.05, 0.1) is 19.3 Å². The standard InChI is InChI=1S/C12H15FN2O2/c13-10-3-1-2-9(6-10)12(16)15-4-5-17-8-11(15)7-14/h1-3,6,11H,4-5,7-8,14H2. The van der Waals surface area contributed by atoms with Crippen molar-refractivity contribution in [1.82, 2.24) is 4.90 Å². The molecule has 1 saturated heterocycles. The lowest BCUT2D eigenvalue weighted by Gasteiger charge is -2.34. The minimum Gasteiger partial charge on any atom is -0.377 e. The molecule has 1 aromatic carbocycles. The molecule has 0 saturated carbocycles. The van der Waals surface area contributed by atoms with Gasteiger partial charge in [-0.25, -0.2) is 4.39 Å². The number of hydrogen-bond donors (Lipinski definition) is 1. The molecule has 2 N–H and O–H groups in total. The molecule has 4 nitrogen and oxygen atoms in total. The third kappa shape index (κ3) is 2.62. The topological polar surface area (TPSA) is 55.6 Å². The van der Waals surface area contributed by atoms with E-state index in [0.717, 1.165) is 0 Å². The summed E-state index contributed by atoms with van der Waals surface area (Å²) in [5.74, 6) is -0.600. The highest BCUT2D eigenvalue weighted by atomic mass is 19.1. The molecule has 1 aromatic rings. The van der Waals surface area contributed by atoms with Crippen LogP contribution in [0.3, 0.4) is 0 Å². The van der Waals surface area contributed by atoms with E-state index in [9.17, 15) is 9.18 Å². The molecule has 0 aromatic heterocycles. The number of rotatable bonds is 2. The van der Waals surface area contributed by atoms with Crippen LogP contribution < -0.4 is 5.73 Å². The van der Waals surface area contributed by atoms with E-state index in [1.807, 2.05) is 0 Å². The first-order valence-corrected chi connectivity index (χ1v) is 5.56. The van der Waals surface area contributed by atoms with Crippen molar-refractivity contribution >= 4 is 5.91 Å². The van der Waals surface area contributed by atoms with Crippen molar-refractivity contribution < 1.29 is 13.9 Å². The smallest absolute Gasteiger partial charge is 0.254 e. The molecule has 0 radical (unpaired) electrons. The molecule has 0 spiro atoms. The number of morpholine rings is 1. The van der Waals surface area contributed by atoms with Crippen molar-refractivity contribution in [2.45, 2.75) is 6.04 Å². The number of hydrogen-bond acceptors (Lipinski definition) is 3. The molecule has 0 aliphatic carbocycles. The monoisotopic (exact) mass is 238 g/mol. The zero-order valence-corrected chi connectivity index (χ0v) is 9.43. The Hall–Kier alpha value is -1.46. The molecule has 92 valence electrons. The molecular formula is C12H15FN2O2. The van der Waals surface area contributed by atoms with Crippen molar-refractivity contribution in [1.29, 1.82) is 0 Å². The third-order valence-corrected chi connectivity index (χ3v) is 2.83. The maximum Gasteiger partial charge on any atom is 0.254 e. The van der Waals surface area contributed by atoms with Crippen molar-refractivity contribution in [3.63, 3.8) is 0 Å². The molecular weight excluding hydrogens is 223 g/mol. The van der Waals surface area contributed by atoms with Gasteiger partial charge in [-0.05, 0) is 18.2 Å². The predicted molar refractivity (Wildman–Crippen MR) is 61.1 cm³/mol. The van der Waals surface area contributed by atoms with Crippen LogP contribution >= 0.6 is 0 Å². The van der Waals surface area contributed by atoms with Crippen LogP contribution in [-0.4, -0.2) is 43.2 Å². The van der Waals surface area contributed by atoms with Gasteiger partial charge in [-0.2, -0.15) is 0 Å². The van der Waals surface area contributed by atoms with Crippen molar-refractivity contribution in [3.05, 3.63) is 35.6 Å². The van der Waals surface area contributed by atoms with Crippen LogP contribution in [0, 0.1) is 5.82 Å². The van der Waals surface area contributed by atoms with Crippen LogP contribution in [0.4, 0.5) is 4.39 Å². The maximum absolute atomic E-state index is 13.1. The summed E-state index contributed by atoms with van der Waals surface area (Å²) in [4.78, 5) is 13.8. The first-order valence-electron chi connectivity index (χ1n) is 5.56. The first-order chi connectivity index (χ1) is 8.22. The SMILES string of the molecule is NCC1COCCN1C(=O)c1cccc(F)c1. The van der Waals surface area contributed by atoms with E-state index in [0.29, 0.717) is 31.9 Å². The molecule has 1 heterocycles. The van der Waals surface area contributed by atoms with Gasteiger partial charge in [-0.1, -0.05) is 6.07 Å². The average Bonchev–Trinajstić information content (AvgIpc) is 2.38. The van der Waals surface area contributed by atoms with Gasteiger partial charge in [0.15, 0.2) is 0 Å². The fraction of sp³-hybridized carbons (Fsp3) is 0.417. The minimum absolute atomic E-state index is 0.125. The summed E-state index contributed by atoms with van der Waals surface area (Å²) in [5, 5.41) is 0. The lowest BCUT2D eigenvalue weighted by molar-refractivity contribution is 0.000819. The number of halogens is 1. The van der Waals surface area contributed by atoms with Gasteiger partial charge in [0.2, 0.25) is 0 Å². The summed E-state index contributed by atoms with van der Waals surface area (Å²) >= 11 is 0. The van der Waals surface area contributed by atoms with E-state index in [1.165, 1.54) is 18.2 Å². The fourth-order valence-electron chi connectivity index (χ4n) is 1.90. The van der Waals surface area contributed by atoms with Gasteiger partial charge >= 0.3 is 0 Å². The number of nitrogens with zero attached hydrogens (tertiary/aromatic N) is 1. The Morgan fingerprint density at radius 2 is 2.41 bits per heavy atom. The van der Waals surface area contributed by atoms with Crippen LogP contribution in [0.2, 0.25) is 0 Å². The first kappa shape index (κ1) is 12.0. The molecule has 1 fully saturated rings. The Morgan fingerprint density at radius 3 is 3.12 bits per heavy atom. The summed E-state index contributed by atoms with van der Waals surface area (Å²) < 4.78 is 18.3. The Labute approximate surface area is 99.2 Å². The third-order valence-electron chi connectivity index (χ3n) is 2.83. The highest BCUT2D eigenvalue weighted by molar-refractivity contribution is 5.94. The second-order valence-electron chi connectivity index (χ2n) is 3.97. The van der Waals surface area contributed by atoms with E-state index >= 15 is 0 Å². The summed E-state index contributed by atoms with van der Waals surface area (Å²) in [6.07, 6.45) is 0. The van der Waals surface area contributed by atoms with Crippen molar-refractivity contribution in [2.75, 3.05) is 26.3 Å². The quantitative estimate of drug-likeness (QED) is 0.822. The molecule has 1 aliphatic heterocycles. The van der Waals surface area contributed by atoms with Gasteiger partial charge in [0.1, 0.15) is 5.82 Å². The summed E-state index contributed by atoms with van der Waals surface area (Å²) in [6.45, 7) is 1.79. The van der Waals surface area contributed by atoms with E-state index in [-0.39, 0.29) is 11.9 Å². The lowest BCUT2D eigenvalue weighted by Crippen LogP contribution is -2.52. The van der Waals surface area contributed by atoms with Crippen LogP contribution in [0.25, 0.3) is 0 Å². The van der Waals surface area contributed by atoms with Crippen molar-refractivity contribution in [2.24, 2.45) is 5.73 Å². The lowest BCUT2D eigenvalue weighted by atomic mass is 10.1. The number of nitrogens with two attached hydrogens (primary N) is 1. The summed E-state index contributed by atoms with van der Waals surface area (Å²) in [6, 6.07) is 5.57. The minimum atomic E-state index is -0.409. The van der Waals surface area contributed by atoms with Gasteiger partial charge in [0.25, 0.3) is 5.91 Å². The van der Waals surface area contributed by atoms with E-state index in [1.54, 1.807) is 11.0 Å². The summed E-state index contributed by atoms with van der Waals surface area (Å²) in [5.41, 5.74) is 5.94. The van der Waals surface area contributed by atoms with Gasteiger partial charge in [-0.3, -0.25) is 4.79 Å².